The molecule has 7 heteroatoms. The Kier molecular flexibility index (Phi) is 5.96. The zero-order valence-corrected chi connectivity index (χ0v) is 11.9. The molecule has 0 amide bonds. The lowest BCUT2D eigenvalue weighted by atomic mass is 9.79. The number of carboxylic acid groups (broad SMARTS) is 2. The number of ether oxygens (including phenoxy) is 3. The van der Waals surface area contributed by atoms with E-state index in [4.69, 9.17) is 24.4 Å². The van der Waals surface area contributed by atoms with E-state index in [1.807, 2.05) is 0 Å². The molecule has 0 radical (unpaired) electrons. The Morgan fingerprint density at radius 1 is 0.905 bits per heavy atom. The van der Waals surface area contributed by atoms with E-state index < -0.39 is 23.8 Å². The molecule has 0 bridgehead atoms. The van der Waals surface area contributed by atoms with Gasteiger partial charge in [-0.15, -0.1) is 0 Å². The highest BCUT2D eigenvalue weighted by Crippen LogP contribution is 2.30. The smallest absolute Gasteiger partial charge is 0.307 e. The highest BCUT2D eigenvalue weighted by Gasteiger charge is 2.35. The van der Waals surface area contributed by atoms with Gasteiger partial charge in [-0.2, -0.15) is 0 Å². The summed E-state index contributed by atoms with van der Waals surface area (Å²) in [7, 11) is 0. The first-order chi connectivity index (χ1) is 10.1. The van der Waals surface area contributed by atoms with Gasteiger partial charge in [0.05, 0.1) is 38.3 Å². The van der Waals surface area contributed by atoms with Gasteiger partial charge in [-0.3, -0.25) is 9.59 Å². The number of hydrogen-bond acceptors (Lipinski definition) is 5. The van der Waals surface area contributed by atoms with E-state index in [-0.39, 0.29) is 0 Å². The summed E-state index contributed by atoms with van der Waals surface area (Å²) in [5.41, 5.74) is 0. The van der Waals surface area contributed by atoms with Gasteiger partial charge in [-0.1, -0.05) is 12.8 Å². The van der Waals surface area contributed by atoms with Crippen molar-refractivity contribution in [3.8, 4) is 0 Å². The van der Waals surface area contributed by atoms with Crippen molar-refractivity contribution in [2.24, 2.45) is 11.8 Å². The van der Waals surface area contributed by atoms with Crippen LogP contribution in [0.15, 0.2) is 0 Å². The summed E-state index contributed by atoms with van der Waals surface area (Å²) in [4.78, 5) is 21.2. The van der Waals surface area contributed by atoms with Gasteiger partial charge in [-0.05, 0) is 12.8 Å². The lowest BCUT2D eigenvalue weighted by Crippen LogP contribution is -2.32. The number of hydrogen-bond donors (Lipinski definition) is 2. The Hall–Kier alpha value is -1.18. The zero-order chi connectivity index (χ0) is 15.2. The second-order valence-electron chi connectivity index (χ2n) is 5.62. The van der Waals surface area contributed by atoms with Crippen molar-refractivity contribution in [3.05, 3.63) is 0 Å². The molecule has 0 aromatic carbocycles. The summed E-state index contributed by atoms with van der Waals surface area (Å²) < 4.78 is 15.1. The van der Waals surface area contributed by atoms with Gasteiger partial charge in [0.25, 0.3) is 0 Å². The standard InChI is InChI=1S/C8H12O4.C6H10O3/c9-7(10)5-3-1-2-4-6(5)8(11)12;1(5-3-8-5)7-2-6-4-9-6/h5-6H,1-4H2,(H,9,10)(H,11,12);5-6H,1-4H2. The van der Waals surface area contributed by atoms with Gasteiger partial charge >= 0.3 is 11.9 Å². The van der Waals surface area contributed by atoms with Crippen LogP contribution in [0.1, 0.15) is 25.7 Å². The molecule has 2 heterocycles. The molecule has 2 saturated heterocycles. The summed E-state index contributed by atoms with van der Waals surface area (Å²) in [5.74, 6) is -3.28. The molecule has 2 aliphatic heterocycles. The Morgan fingerprint density at radius 3 is 1.57 bits per heavy atom. The van der Waals surface area contributed by atoms with E-state index in [0.717, 1.165) is 39.3 Å². The molecule has 7 nitrogen and oxygen atoms in total. The van der Waals surface area contributed by atoms with Gasteiger partial charge < -0.3 is 24.4 Å². The second-order valence-corrected chi connectivity index (χ2v) is 5.62. The topological polar surface area (TPSA) is 109 Å². The molecule has 1 aliphatic carbocycles. The van der Waals surface area contributed by atoms with Crippen molar-refractivity contribution in [2.75, 3.05) is 26.4 Å². The van der Waals surface area contributed by atoms with E-state index in [2.05, 4.69) is 0 Å². The van der Waals surface area contributed by atoms with Crippen LogP contribution in [0.3, 0.4) is 0 Å². The first kappa shape index (κ1) is 16.2. The highest BCUT2D eigenvalue weighted by molar-refractivity contribution is 5.80. The number of epoxide rings is 2. The molecule has 1 saturated carbocycles. The quantitative estimate of drug-likeness (QED) is 0.697. The maximum atomic E-state index is 10.6. The summed E-state index contributed by atoms with van der Waals surface area (Å²) in [6, 6.07) is 0. The molecule has 0 spiro atoms. The lowest BCUT2D eigenvalue weighted by molar-refractivity contribution is -0.155. The van der Waals surface area contributed by atoms with Crippen molar-refractivity contribution in [3.63, 3.8) is 0 Å². The molecule has 3 aliphatic rings. The Balaban J connectivity index is 0.000000159. The molecule has 3 rings (SSSR count). The molecule has 120 valence electrons. The Labute approximate surface area is 123 Å². The average molecular weight is 302 g/mol. The van der Waals surface area contributed by atoms with Crippen LogP contribution in [-0.2, 0) is 23.8 Å². The predicted octanol–water partition coefficient (Wildman–Crippen LogP) is 0.763. The molecular weight excluding hydrogens is 280 g/mol. The highest BCUT2D eigenvalue weighted by atomic mass is 16.6. The van der Waals surface area contributed by atoms with Gasteiger partial charge in [0.2, 0.25) is 0 Å². The van der Waals surface area contributed by atoms with Crippen molar-refractivity contribution < 1.29 is 34.0 Å². The molecule has 0 aromatic rings. The fourth-order valence-electron chi connectivity index (χ4n) is 2.38. The molecule has 4 unspecified atom stereocenters. The van der Waals surface area contributed by atoms with Gasteiger partial charge in [0.1, 0.15) is 12.2 Å². The van der Waals surface area contributed by atoms with Crippen LogP contribution in [0.4, 0.5) is 0 Å². The van der Waals surface area contributed by atoms with Crippen LogP contribution in [0.2, 0.25) is 0 Å². The fourth-order valence-corrected chi connectivity index (χ4v) is 2.38. The predicted molar refractivity (Wildman–Crippen MR) is 71.0 cm³/mol. The first-order valence-electron chi connectivity index (χ1n) is 7.34. The summed E-state index contributed by atoms with van der Waals surface area (Å²) >= 11 is 0. The lowest BCUT2D eigenvalue weighted by Gasteiger charge is -2.24. The number of rotatable bonds is 6. The SMILES string of the molecule is C(OCC1CO1)C1CO1.O=C(O)C1CCCCC1C(=O)O. The summed E-state index contributed by atoms with van der Waals surface area (Å²) in [6.45, 7) is 3.26. The third-order valence-corrected chi connectivity index (χ3v) is 3.81. The average Bonchev–Trinajstić information content (AvgIpc) is 3.34. The van der Waals surface area contributed by atoms with Crippen LogP contribution in [-0.4, -0.2) is 60.8 Å². The van der Waals surface area contributed by atoms with Crippen LogP contribution in [0.5, 0.6) is 0 Å². The second kappa shape index (κ2) is 7.72. The van der Waals surface area contributed by atoms with Crippen LogP contribution < -0.4 is 0 Å². The third kappa shape index (κ3) is 5.99. The molecule has 21 heavy (non-hydrogen) atoms. The van der Waals surface area contributed by atoms with E-state index in [1.165, 1.54) is 0 Å². The van der Waals surface area contributed by atoms with Crippen molar-refractivity contribution in [2.45, 2.75) is 37.9 Å². The normalized spacial score (nSPS) is 33.5. The Morgan fingerprint density at radius 2 is 1.29 bits per heavy atom. The zero-order valence-electron chi connectivity index (χ0n) is 11.9. The summed E-state index contributed by atoms with van der Waals surface area (Å²) in [6.07, 6.45) is 3.47. The van der Waals surface area contributed by atoms with Crippen molar-refractivity contribution in [1.82, 2.24) is 0 Å². The van der Waals surface area contributed by atoms with Crippen LogP contribution in [0, 0.1) is 11.8 Å². The van der Waals surface area contributed by atoms with Crippen LogP contribution in [0.25, 0.3) is 0 Å². The number of carboxylic acids is 2. The minimum absolute atomic E-state index is 0.392. The maximum Gasteiger partial charge on any atom is 0.307 e. The number of carbonyl (C=O) groups is 2. The van der Waals surface area contributed by atoms with Crippen molar-refractivity contribution in [1.29, 1.82) is 0 Å². The van der Waals surface area contributed by atoms with Gasteiger partial charge in [-0.25, -0.2) is 0 Å². The van der Waals surface area contributed by atoms with E-state index in [1.54, 1.807) is 0 Å². The largest absolute Gasteiger partial charge is 0.481 e. The molecule has 2 N–H and O–H groups in total. The molecule has 3 fully saturated rings. The minimum Gasteiger partial charge on any atom is -0.481 e. The van der Waals surface area contributed by atoms with Crippen molar-refractivity contribution >= 4 is 11.9 Å². The summed E-state index contributed by atoms with van der Waals surface area (Å²) in [5, 5.41) is 17.4. The maximum absolute atomic E-state index is 10.6. The van der Waals surface area contributed by atoms with E-state index in [0.29, 0.717) is 25.0 Å². The molecule has 4 atom stereocenters. The monoisotopic (exact) mass is 302 g/mol. The number of aliphatic carboxylic acids is 2. The molecule has 0 aromatic heterocycles. The van der Waals surface area contributed by atoms with Gasteiger partial charge in [0.15, 0.2) is 0 Å². The fraction of sp³-hybridized carbons (Fsp3) is 0.857. The minimum atomic E-state index is -0.970. The van der Waals surface area contributed by atoms with E-state index >= 15 is 0 Å². The molecular formula is C14H22O7. The Bertz CT molecular complexity index is 328. The van der Waals surface area contributed by atoms with E-state index in [9.17, 15) is 9.59 Å². The third-order valence-electron chi connectivity index (χ3n) is 3.81. The van der Waals surface area contributed by atoms with Crippen LogP contribution >= 0.6 is 0 Å². The first-order valence-corrected chi connectivity index (χ1v) is 7.34. The van der Waals surface area contributed by atoms with Gasteiger partial charge in [0, 0.05) is 0 Å².